The van der Waals surface area contributed by atoms with Gasteiger partial charge in [0, 0.05) is 45.0 Å². The predicted molar refractivity (Wildman–Crippen MR) is 118 cm³/mol. The van der Waals surface area contributed by atoms with Crippen molar-refractivity contribution in [1.82, 2.24) is 15.1 Å². The number of benzene rings is 2. The Morgan fingerprint density at radius 1 is 0.968 bits per heavy atom. The summed E-state index contributed by atoms with van der Waals surface area (Å²) >= 11 is 6.12. The summed E-state index contributed by atoms with van der Waals surface area (Å²) in [6, 6.07) is 13.7. The zero-order valence-corrected chi connectivity index (χ0v) is 18.0. The lowest BCUT2D eigenvalue weighted by Crippen LogP contribution is -2.50. The van der Waals surface area contributed by atoms with Gasteiger partial charge >= 0.3 is 11.8 Å². The molecule has 0 aliphatic carbocycles. The first-order chi connectivity index (χ1) is 15.0. The molecule has 9 heteroatoms. The molecule has 0 spiro atoms. The summed E-state index contributed by atoms with van der Waals surface area (Å²) in [5.41, 5.74) is 1.02. The number of nitrogens with zero attached hydrogens (tertiary/aromatic N) is 2. The number of ether oxygens (including phenoxy) is 1. The van der Waals surface area contributed by atoms with E-state index in [2.05, 4.69) is 15.5 Å². The lowest BCUT2D eigenvalue weighted by atomic mass is 10.2. The highest BCUT2D eigenvalue weighted by atomic mass is 35.5. The molecule has 1 saturated heterocycles. The third kappa shape index (κ3) is 6.19. The van der Waals surface area contributed by atoms with E-state index in [1.165, 1.54) is 0 Å². The van der Waals surface area contributed by atoms with Crippen LogP contribution in [0.4, 0.5) is 5.69 Å². The van der Waals surface area contributed by atoms with Crippen molar-refractivity contribution in [2.75, 3.05) is 51.7 Å². The number of nitrogens with one attached hydrogen (secondary N) is 2. The van der Waals surface area contributed by atoms with Crippen molar-refractivity contribution < 1.29 is 19.1 Å². The van der Waals surface area contributed by atoms with Gasteiger partial charge in [0.05, 0.1) is 17.7 Å². The van der Waals surface area contributed by atoms with E-state index in [-0.39, 0.29) is 5.91 Å². The van der Waals surface area contributed by atoms with Crippen LogP contribution in [0.1, 0.15) is 10.4 Å². The number of amides is 3. The van der Waals surface area contributed by atoms with E-state index in [1.807, 2.05) is 0 Å². The molecule has 0 unspecified atom stereocenters. The van der Waals surface area contributed by atoms with E-state index in [1.54, 1.807) is 60.5 Å². The van der Waals surface area contributed by atoms with Crippen molar-refractivity contribution >= 4 is 35.0 Å². The molecule has 2 N–H and O–H groups in total. The average molecular weight is 445 g/mol. The second-order valence-corrected chi connectivity index (χ2v) is 7.46. The molecule has 1 heterocycles. The Labute approximate surface area is 186 Å². The Kier molecular flexibility index (Phi) is 7.86. The fourth-order valence-electron chi connectivity index (χ4n) is 3.25. The van der Waals surface area contributed by atoms with Crippen LogP contribution in [0, 0.1) is 0 Å². The van der Waals surface area contributed by atoms with Gasteiger partial charge in [-0.05, 0) is 36.4 Å². The van der Waals surface area contributed by atoms with Crippen LogP contribution < -0.4 is 15.4 Å². The first kappa shape index (κ1) is 22.6. The van der Waals surface area contributed by atoms with Crippen molar-refractivity contribution in [3.63, 3.8) is 0 Å². The van der Waals surface area contributed by atoms with Crippen LogP contribution >= 0.6 is 11.6 Å². The molecule has 1 aliphatic heterocycles. The number of carbonyl (C=O) groups excluding carboxylic acids is 3. The maximum absolute atomic E-state index is 12.6. The monoisotopic (exact) mass is 444 g/mol. The summed E-state index contributed by atoms with van der Waals surface area (Å²) < 4.78 is 5.06. The van der Waals surface area contributed by atoms with Gasteiger partial charge in [-0.25, -0.2) is 0 Å². The van der Waals surface area contributed by atoms with Crippen LogP contribution in [-0.4, -0.2) is 73.9 Å². The number of hydrogen-bond donors (Lipinski definition) is 2. The number of halogens is 1. The Bertz CT molecular complexity index is 927. The van der Waals surface area contributed by atoms with Crippen LogP contribution in [0.25, 0.3) is 0 Å². The summed E-state index contributed by atoms with van der Waals surface area (Å²) in [6.07, 6.45) is 0. The highest BCUT2D eigenvalue weighted by Gasteiger charge is 2.23. The van der Waals surface area contributed by atoms with Crippen LogP contribution in [0.3, 0.4) is 0 Å². The fourth-order valence-corrected chi connectivity index (χ4v) is 3.47. The molecule has 31 heavy (non-hydrogen) atoms. The van der Waals surface area contributed by atoms with Gasteiger partial charge in [-0.15, -0.1) is 0 Å². The number of piperazine rings is 1. The SMILES string of the molecule is COc1ccc(NC(=O)C(=O)NCCN2CCN(C(=O)c3ccccc3Cl)CC2)cc1. The van der Waals surface area contributed by atoms with E-state index in [0.29, 0.717) is 61.3 Å². The molecule has 8 nitrogen and oxygen atoms in total. The lowest BCUT2D eigenvalue weighted by Gasteiger charge is -2.34. The van der Waals surface area contributed by atoms with Gasteiger partial charge in [-0.3, -0.25) is 19.3 Å². The normalized spacial score (nSPS) is 14.1. The maximum atomic E-state index is 12.6. The topological polar surface area (TPSA) is 91.0 Å². The second-order valence-electron chi connectivity index (χ2n) is 7.05. The first-order valence-electron chi connectivity index (χ1n) is 9.97. The lowest BCUT2D eigenvalue weighted by molar-refractivity contribution is -0.136. The number of anilines is 1. The van der Waals surface area contributed by atoms with Crippen molar-refractivity contribution in [3.8, 4) is 5.75 Å². The van der Waals surface area contributed by atoms with Gasteiger partial charge in [0.2, 0.25) is 0 Å². The highest BCUT2D eigenvalue weighted by molar-refractivity contribution is 6.39. The Balaban J connectivity index is 1.37. The van der Waals surface area contributed by atoms with E-state index < -0.39 is 11.8 Å². The van der Waals surface area contributed by atoms with Crippen molar-refractivity contribution in [3.05, 3.63) is 59.1 Å². The zero-order chi connectivity index (χ0) is 22.2. The van der Waals surface area contributed by atoms with Gasteiger partial charge in [0.25, 0.3) is 5.91 Å². The third-order valence-corrected chi connectivity index (χ3v) is 5.36. The molecule has 164 valence electrons. The van der Waals surface area contributed by atoms with Gasteiger partial charge in [-0.1, -0.05) is 23.7 Å². The Morgan fingerprint density at radius 2 is 1.65 bits per heavy atom. The molecule has 3 amide bonds. The number of methoxy groups -OCH3 is 1. The maximum Gasteiger partial charge on any atom is 0.313 e. The van der Waals surface area contributed by atoms with Gasteiger partial charge in [0.1, 0.15) is 5.75 Å². The summed E-state index contributed by atoms with van der Waals surface area (Å²) in [5, 5.41) is 5.62. The predicted octanol–water partition coefficient (Wildman–Crippen LogP) is 1.86. The third-order valence-electron chi connectivity index (χ3n) is 5.03. The van der Waals surface area contributed by atoms with Gasteiger partial charge in [-0.2, -0.15) is 0 Å². The van der Waals surface area contributed by atoms with E-state index in [4.69, 9.17) is 16.3 Å². The van der Waals surface area contributed by atoms with E-state index in [0.717, 1.165) is 0 Å². The molecule has 0 atom stereocenters. The Hall–Kier alpha value is -3.10. The van der Waals surface area contributed by atoms with Crippen molar-refractivity contribution in [2.24, 2.45) is 0 Å². The molecular formula is C22H25ClN4O4. The molecule has 1 aliphatic rings. The second kappa shape index (κ2) is 10.8. The molecule has 0 saturated carbocycles. The van der Waals surface area contributed by atoms with Crippen molar-refractivity contribution in [2.45, 2.75) is 0 Å². The average Bonchev–Trinajstić information content (AvgIpc) is 2.80. The summed E-state index contributed by atoms with van der Waals surface area (Å²) in [5.74, 6) is -0.825. The van der Waals surface area contributed by atoms with Crippen LogP contribution in [0.15, 0.2) is 48.5 Å². The largest absolute Gasteiger partial charge is 0.497 e. The summed E-state index contributed by atoms with van der Waals surface area (Å²) in [6.45, 7) is 3.46. The fraction of sp³-hybridized carbons (Fsp3) is 0.318. The molecule has 0 bridgehead atoms. The number of rotatable bonds is 6. The zero-order valence-electron chi connectivity index (χ0n) is 17.3. The minimum Gasteiger partial charge on any atom is -0.497 e. The smallest absolute Gasteiger partial charge is 0.313 e. The van der Waals surface area contributed by atoms with Crippen LogP contribution in [0.5, 0.6) is 5.75 Å². The standard InChI is InChI=1S/C22H25ClN4O4/c1-31-17-8-6-16(7-9-17)25-21(29)20(28)24-10-11-26-12-14-27(15-13-26)22(30)18-4-2-3-5-19(18)23/h2-9H,10-15H2,1H3,(H,24,28)(H,25,29). The number of hydrogen-bond acceptors (Lipinski definition) is 5. The number of carbonyl (C=O) groups is 3. The molecule has 2 aromatic rings. The quantitative estimate of drug-likeness (QED) is 0.664. The Morgan fingerprint density at radius 3 is 2.29 bits per heavy atom. The van der Waals surface area contributed by atoms with E-state index >= 15 is 0 Å². The molecule has 3 rings (SSSR count). The van der Waals surface area contributed by atoms with E-state index in [9.17, 15) is 14.4 Å². The minimum atomic E-state index is -0.722. The molecule has 0 aromatic heterocycles. The van der Waals surface area contributed by atoms with Crippen LogP contribution in [-0.2, 0) is 9.59 Å². The molecule has 1 fully saturated rings. The minimum absolute atomic E-state index is 0.0752. The molecular weight excluding hydrogens is 420 g/mol. The highest BCUT2D eigenvalue weighted by Crippen LogP contribution is 2.18. The summed E-state index contributed by atoms with van der Waals surface area (Å²) in [7, 11) is 1.55. The van der Waals surface area contributed by atoms with Gasteiger partial charge < -0.3 is 20.3 Å². The molecule has 0 radical (unpaired) electrons. The first-order valence-corrected chi connectivity index (χ1v) is 10.3. The molecule has 2 aromatic carbocycles. The van der Waals surface area contributed by atoms with Gasteiger partial charge in [0.15, 0.2) is 0 Å². The summed E-state index contributed by atoms with van der Waals surface area (Å²) in [4.78, 5) is 40.5. The van der Waals surface area contributed by atoms with Crippen molar-refractivity contribution in [1.29, 1.82) is 0 Å². The van der Waals surface area contributed by atoms with Crippen LogP contribution in [0.2, 0.25) is 5.02 Å².